The lowest BCUT2D eigenvalue weighted by Gasteiger charge is -2.20. The van der Waals surface area contributed by atoms with Crippen LogP contribution in [0.5, 0.6) is 5.75 Å². The number of aliphatic hydroxyl groups is 1. The van der Waals surface area contributed by atoms with Gasteiger partial charge in [0.05, 0.1) is 12.7 Å². The molecule has 2 atom stereocenters. The molecule has 0 fully saturated rings. The first-order valence-corrected chi connectivity index (χ1v) is 6.49. The van der Waals surface area contributed by atoms with Gasteiger partial charge in [0.25, 0.3) is 0 Å². The quantitative estimate of drug-likeness (QED) is 0.889. The molecule has 0 aliphatic heterocycles. The Morgan fingerprint density at radius 1 is 1.38 bits per heavy atom. The molecule has 90 valence electrons. The monoisotopic (exact) mass is 286 g/mol. The fourth-order valence-electron chi connectivity index (χ4n) is 1.57. The van der Waals surface area contributed by atoms with E-state index in [4.69, 9.17) is 4.74 Å². The fourth-order valence-corrected chi connectivity index (χ4v) is 1.95. The highest BCUT2D eigenvalue weighted by Crippen LogP contribution is 2.33. The van der Waals surface area contributed by atoms with Gasteiger partial charge in [0.15, 0.2) is 0 Å². The van der Waals surface area contributed by atoms with Crippen LogP contribution < -0.4 is 4.74 Å². The van der Waals surface area contributed by atoms with E-state index in [0.29, 0.717) is 6.61 Å². The molecule has 0 radical (unpaired) electrons. The number of ether oxygens (including phenoxy) is 1. The van der Waals surface area contributed by atoms with Crippen molar-refractivity contribution in [2.24, 2.45) is 5.92 Å². The van der Waals surface area contributed by atoms with E-state index in [1.807, 2.05) is 32.0 Å². The molecule has 0 aromatic heterocycles. The lowest BCUT2D eigenvalue weighted by Crippen LogP contribution is -2.10. The zero-order chi connectivity index (χ0) is 12.1. The molecule has 1 N–H and O–H groups in total. The number of hydrogen-bond donors (Lipinski definition) is 1. The number of hydrogen-bond acceptors (Lipinski definition) is 2. The molecule has 0 aliphatic carbocycles. The smallest absolute Gasteiger partial charge is 0.125 e. The summed E-state index contributed by atoms with van der Waals surface area (Å²) in [4.78, 5) is 0. The molecule has 0 aliphatic rings. The molecule has 0 saturated heterocycles. The molecule has 2 unspecified atom stereocenters. The summed E-state index contributed by atoms with van der Waals surface area (Å²) in [6.07, 6.45) is 0.475. The van der Waals surface area contributed by atoms with E-state index in [1.54, 1.807) is 0 Å². The first-order chi connectivity index (χ1) is 7.60. The maximum Gasteiger partial charge on any atom is 0.125 e. The molecular formula is C13H19BrO2. The van der Waals surface area contributed by atoms with Gasteiger partial charge in [-0.25, -0.2) is 0 Å². The Morgan fingerprint density at radius 3 is 2.62 bits per heavy atom. The Morgan fingerprint density at radius 2 is 2.06 bits per heavy atom. The van der Waals surface area contributed by atoms with Gasteiger partial charge in [-0.1, -0.05) is 36.2 Å². The van der Waals surface area contributed by atoms with Crippen molar-refractivity contribution in [1.82, 2.24) is 0 Å². The third-order valence-corrected chi connectivity index (χ3v) is 3.27. The Labute approximate surface area is 106 Å². The van der Waals surface area contributed by atoms with Crippen molar-refractivity contribution in [3.63, 3.8) is 0 Å². The van der Waals surface area contributed by atoms with Gasteiger partial charge in [0.1, 0.15) is 5.75 Å². The predicted octanol–water partition coefficient (Wildman–Crippen LogP) is 3.93. The summed E-state index contributed by atoms with van der Waals surface area (Å²) in [5.74, 6) is 1.01. The number of rotatable bonds is 5. The van der Waals surface area contributed by atoms with Crippen LogP contribution in [0, 0.1) is 5.92 Å². The van der Waals surface area contributed by atoms with Gasteiger partial charge in [-0.3, -0.25) is 0 Å². The van der Waals surface area contributed by atoms with Crippen molar-refractivity contribution in [3.8, 4) is 5.75 Å². The Kier molecular flexibility index (Phi) is 5.29. The van der Waals surface area contributed by atoms with Crippen LogP contribution in [0.4, 0.5) is 0 Å². The summed E-state index contributed by atoms with van der Waals surface area (Å²) in [6.45, 7) is 6.68. The molecule has 2 nitrogen and oxygen atoms in total. The Bertz CT molecular complexity index is 339. The lowest BCUT2D eigenvalue weighted by molar-refractivity contribution is 0.111. The van der Waals surface area contributed by atoms with Crippen LogP contribution >= 0.6 is 15.9 Å². The van der Waals surface area contributed by atoms with Crippen molar-refractivity contribution in [1.29, 1.82) is 0 Å². The minimum atomic E-state index is -0.468. The van der Waals surface area contributed by atoms with Gasteiger partial charge >= 0.3 is 0 Å². The average molecular weight is 287 g/mol. The van der Waals surface area contributed by atoms with Crippen LogP contribution in [0.3, 0.4) is 0 Å². The maximum absolute atomic E-state index is 10.2. The summed E-state index contributed by atoms with van der Waals surface area (Å²) in [6, 6.07) is 5.76. The average Bonchev–Trinajstić information content (AvgIpc) is 2.29. The van der Waals surface area contributed by atoms with E-state index < -0.39 is 6.10 Å². The molecule has 1 aromatic rings. The number of aliphatic hydroxyl groups excluding tert-OH is 1. The first kappa shape index (κ1) is 13.5. The molecule has 0 amide bonds. The van der Waals surface area contributed by atoms with E-state index >= 15 is 0 Å². The summed E-state index contributed by atoms with van der Waals surface area (Å²) >= 11 is 3.42. The van der Waals surface area contributed by atoms with Crippen molar-refractivity contribution in [3.05, 3.63) is 28.2 Å². The molecule has 3 heteroatoms. The second-order valence-corrected chi connectivity index (χ2v) is 4.86. The van der Waals surface area contributed by atoms with Gasteiger partial charge in [0.2, 0.25) is 0 Å². The predicted molar refractivity (Wildman–Crippen MR) is 69.7 cm³/mol. The minimum Gasteiger partial charge on any atom is -0.493 e. The molecular weight excluding hydrogens is 268 g/mol. The summed E-state index contributed by atoms with van der Waals surface area (Å²) in [7, 11) is 0. The molecule has 0 saturated carbocycles. The number of halogens is 1. The second-order valence-electron chi connectivity index (χ2n) is 3.95. The Hall–Kier alpha value is -0.540. The van der Waals surface area contributed by atoms with E-state index in [0.717, 1.165) is 22.2 Å². The van der Waals surface area contributed by atoms with Gasteiger partial charge in [-0.2, -0.15) is 0 Å². The summed E-state index contributed by atoms with van der Waals surface area (Å²) in [5, 5.41) is 10.2. The van der Waals surface area contributed by atoms with Gasteiger partial charge in [0, 0.05) is 10.0 Å². The normalized spacial score (nSPS) is 14.6. The van der Waals surface area contributed by atoms with Crippen LogP contribution in [-0.4, -0.2) is 11.7 Å². The fraction of sp³-hybridized carbons (Fsp3) is 0.538. The van der Waals surface area contributed by atoms with Crippen LogP contribution in [0.25, 0.3) is 0 Å². The number of benzene rings is 1. The first-order valence-electron chi connectivity index (χ1n) is 5.70. The highest BCUT2D eigenvalue weighted by Gasteiger charge is 2.19. The van der Waals surface area contributed by atoms with E-state index in [-0.39, 0.29) is 5.92 Å². The highest BCUT2D eigenvalue weighted by molar-refractivity contribution is 9.10. The molecule has 0 spiro atoms. The van der Waals surface area contributed by atoms with Crippen molar-refractivity contribution in [2.75, 3.05) is 6.61 Å². The minimum absolute atomic E-state index is 0.230. The third kappa shape index (κ3) is 3.22. The van der Waals surface area contributed by atoms with E-state index in [2.05, 4.69) is 22.9 Å². The van der Waals surface area contributed by atoms with Crippen LogP contribution in [0.1, 0.15) is 38.9 Å². The zero-order valence-corrected chi connectivity index (χ0v) is 11.6. The maximum atomic E-state index is 10.2. The molecule has 0 heterocycles. The largest absolute Gasteiger partial charge is 0.493 e. The second kappa shape index (κ2) is 6.26. The van der Waals surface area contributed by atoms with Crippen molar-refractivity contribution >= 4 is 15.9 Å². The zero-order valence-electron chi connectivity index (χ0n) is 10.0. The standard InChI is InChI=1S/C13H19BrO2/c1-4-9(3)13(15)11-8-10(14)6-7-12(11)16-5-2/h6-9,13,15H,4-5H2,1-3H3. The lowest BCUT2D eigenvalue weighted by atomic mass is 9.95. The van der Waals surface area contributed by atoms with Crippen molar-refractivity contribution < 1.29 is 9.84 Å². The van der Waals surface area contributed by atoms with Gasteiger partial charge in [-0.05, 0) is 31.0 Å². The van der Waals surface area contributed by atoms with Gasteiger partial charge in [-0.15, -0.1) is 0 Å². The Balaban J connectivity index is 3.03. The van der Waals surface area contributed by atoms with E-state index in [9.17, 15) is 5.11 Å². The SMILES string of the molecule is CCOc1ccc(Br)cc1C(O)C(C)CC. The topological polar surface area (TPSA) is 29.5 Å². The van der Waals surface area contributed by atoms with Crippen molar-refractivity contribution in [2.45, 2.75) is 33.3 Å². The van der Waals surface area contributed by atoms with Crippen LogP contribution in [0.15, 0.2) is 22.7 Å². The molecule has 1 rings (SSSR count). The molecule has 16 heavy (non-hydrogen) atoms. The van der Waals surface area contributed by atoms with Crippen LogP contribution in [-0.2, 0) is 0 Å². The van der Waals surface area contributed by atoms with Gasteiger partial charge < -0.3 is 9.84 Å². The van der Waals surface area contributed by atoms with Crippen LogP contribution in [0.2, 0.25) is 0 Å². The summed E-state index contributed by atoms with van der Waals surface area (Å²) in [5.41, 5.74) is 0.866. The molecule has 1 aromatic carbocycles. The third-order valence-electron chi connectivity index (χ3n) is 2.77. The molecule has 0 bridgehead atoms. The highest BCUT2D eigenvalue weighted by atomic mass is 79.9. The van der Waals surface area contributed by atoms with E-state index in [1.165, 1.54) is 0 Å². The summed E-state index contributed by atoms with van der Waals surface area (Å²) < 4.78 is 6.49.